The van der Waals surface area contributed by atoms with Crippen molar-refractivity contribution in [3.8, 4) is 0 Å². The third-order valence-corrected chi connectivity index (χ3v) is 10.4. The Morgan fingerprint density at radius 1 is 0.407 bits per heavy atom. The number of nitrogens with one attached hydrogen (secondary N) is 4. The van der Waals surface area contributed by atoms with E-state index in [-0.39, 0.29) is 12.1 Å². The lowest BCUT2D eigenvalue weighted by molar-refractivity contribution is 0.251. The normalized spacial score (nSPS) is 11.5. The van der Waals surface area contributed by atoms with Gasteiger partial charge in [0.2, 0.25) is 0 Å². The minimum atomic E-state index is -0.193. The number of unbranched alkanes of at least 4 members (excludes halogenated alkanes) is 24. The van der Waals surface area contributed by atoms with Crippen LogP contribution in [0.5, 0.6) is 0 Å². The van der Waals surface area contributed by atoms with Gasteiger partial charge in [-0.15, -0.1) is 0 Å². The lowest BCUT2D eigenvalue weighted by atomic mass is 10.1. The molecule has 0 aromatic heterocycles. The summed E-state index contributed by atoms with van der Waals surface area (Å²) in [6.45, 7) is 5.88. The van der Waals surface area contributed by atoms with Crippen molar-refractivity contribution in [1.29, 1.82) is 0 Å². The fourth-order valence-electron chi connectivity index (χ4n) is 7.01. The van der Waals surface area contributed by atoms with Gasteiger partial charge in [-0.05, 0) is 76.3 Å². The summed E-state index contributed by atoms with van der Waals surface area (Å²) in [5.74, 6) is 0. The predicted octanol–water partition coefficient (Wildman–Crippen LogP) is 15.2. The van der Waals surface area contributed by atoms with Crippen molar-refractivity contribution in [3.63, 3.8) is 0 Å². The Bertz CT molecular complexity index is 1180. The summed E-state index contributed by atoms with van der Waals surface area (Å²) in [7, 11) is 0. The first-order valence-corrected chi connectivity index (χ1v) is 22.6. The Balaban J connectivity index is 1.51. The molecule has 0 unspecified atom stereocenters. The maximum absolute atomic E-state index is 12.7. The predicted molar refractivity (Wildman–Crippen MR) is 237 cm³/mol. The number of hydrogen-bond acceptors (Lipinski definition) is 2. The zero-order chi connectivity index (χ0) is 38.6. The molecule has 2 rings (SSSR count). The maximum Gasteiger partial charge on any atom is 0.319 e. The molecule has 0 saturated carbocycles. The quantitative estimate of drug-likeness (QED) is 0.0425. The topological polar surface area (TPSA) is 82.3 Å². The molecule has 0 aliphatic heterocycles. The van der Waals surface area contributed by atoms with Gasteiger partial charge >= 0.3 is 12.1 Å². The minimum absolute atomic E-state index is 0.193. The highest BCUT2D eigenvalue weighted by Crippen LogP contribution is 2.29. The molecule has 0 fully saturated rings. The van der Waals surface area contributed by atoms with Crippen LogP contribution in [0, 0.1) is 0 Å². The van der Waals surface area contributed by atoms with Crippen LogP contribution in [0.4, 0.5) is 21.0 Å². The summed E-state index contributed by atoms with van der Waals surface area (Å²) in [5, 5.41) is 13.9. The average molecular weight is 745 g/mol. The number of fused-ring (bicyclic) bond motifs is 1. The molecule has 6 heteroatoms. The molecule has 4 amide bonds. The van der Waals surface area contributed by atoms with Gasteiger partial charge in [0.1, 0.15) is 0 Å². The number of urea groups is 2. The minimum Gasteiger partial charge on any atom is -0.338 e. The van der Waals surface area contributed by atoms with E-state index in [1.165, 1.54) is 154 Å². The van der Waals surface area contributed by atoms with Crippen molar-refractivity contribution < 1.29 is 9.59 Å². The molecular weight excluding hydrogens is 665 g/mol. The van der Waals surface area contributed by atoms with Crippen LogP contribution in [-0.4, -0.2) is 25.2 Å². The second kappa shape index (κ2) is 34.2. The van der Waals surface area contributed by atoms with Crippen molar-refractivity contribution in [2.45, 2.75) is 194 Å². The standard InChI is InChI=1S/C48H80N4O2/c1-3-5-7-9-11-13-15-17-19-21-23-25-27-29-31-33-41-49-47(53)51-45-39-35-38-44-43(45)37-36-40-46(44)52-48(54)50-42-34-32-30-28-26-24-22-20-18-16-14-12-10-8-6-4-2/h17-20,35-40H,3-16,21-34,41-42H2,1-2H3,(H2,49,51,53)(H2,50,52,54)/b19-17-,20-18-. The molecule has 4 N–H and O–H groups in total. The summed E-state index contributed by atoms with van der Waals surface area (Å²) in [4.78, 5) is 25.4. The van der Waals surface area contributed by atoms with Crippen LogP contribution < -0.4 is 21.3 Å². The highest BCUT2D eigenvalue weighted by Gasteiger charge is 2.10. The van der Waals surface area contributed by atoms with Crippen LogP contribution >= 0.6 is 0 Å². The molecule has 6 nitrogen and oxygen atoms in total. The van der Waals surface area contributed by atoms with Crippen LogP contribution in [0.1, 0.15) is 194 Å². The molecule has 54 heavy (non-hydrogen) atoms. The molecule has 0 aliphatic carbocycles. The average Bonchev–Trinajstić information content (AvgIpc) is 3.17. The Morgan fingerprint density at radius 3 is 1.04 bits per heavy atom. The summed E-state index contributed by atoms with van der Waals surface area (Å²) < 4.78 is 0. The lowest BCUT2D eigenvalue weighted by Crippen LogP contribution is -2.30. The van der Waals surface area contributed by atoms with Gasteiger partial charge in [0.25, 0.3) is 0 Å². The Hall–Kier alpha value is -3.28. The van der Waals surface area contributed by atoms with Crippen molar-refractivity contribution in [2.75, 3.05) is 23.7 Å². The zero-order valence-electron chi connectivity index (χ0n) is 34.8. The van der Waals surface area contributed by atoms with E-state index in [1.807, 2.05) is 36.4 Å². The largest absolute Gasteiger partial charge is 0.338 e. The van der Waals surface area contributed by atoms with Crippen molar-refractivity contribution in [1.82, 2.24) is 10.6 Å². The monoisotopic (exact) mass is 745 g/mol. The molecule has 304 valence electrons. The molecule has 0 radical (unpaired) electrons. The first-order valence-electron chi connectivity index (χ1n) is 22.6. The van der Waals surface area contributed by atoms with E-state index < -0.39 is 0 Å². The van der Waals surface area contributed by atoms with Gasteiger partial charge in [0, 0.05) is 23.9 Å². The number of hydrogen-bond donors (Lipinski definition) is 4. The molecule has 0 spiro atoms. The smallest absolute Gasteiger partial charge is 0.319 e. The van der Waals surface area contributed by atoms with Crippen molar-refractivity contribution in [3.05, 3.63) is 60.7 Å². The van der Waals surface area contributed by atoms with E-state index in [4.69, 9.17) is 0 Å². The summed E-state index contributed by atoms with van der Waals surface area (Å²) in [6.07, 6.45) is 45.2. The van der Waals surface area contributed by atoms with Gasteiger partial charge < -0.3 is 21.3 Å². The van der Waals surface area contributed by atoms with Crippen LogP contribution in [0.15, 0.2) is 60.7 Å². The van der Waals surface area contributed by atoms with Gasteiger partial charge in [-0.3, -0.25) is 0 Å². The van der Waals surface area contributed by atoms with Gasteiger partial charge in [0.05, 0.1) is 11.4 Å². The van der Waals surface area contributed by atoms with Crippen LogP contribution in [0.25, 0.3) is 10.8 Å². The molecule has 2 aromatic rings. The van der Waals surface area contributed by atoms with Gasteiger partial charge in [0.15, 0.2) is 0 Å². The fraction of sp³-hybridized carbons (Fsp3) is 0.667. The highest BCUT2D eigenvalue weighted by molar-refractivity contribution is 6.08. The van der Waals surface area contributed by atoms with E-state index >= 15 is 0 Å². The number of allylic oxidation sites excluding steroid dienone is 4. The first-order chi connectivity index (χ1) is 26.7. The van der Waals surface area contributed by atoms with Crippen LogP contribution in [0.2, 0.25) is 0 Å². The second-order valence-electron chi connectivity index (χ2n) is 15.3. The van der Waals surface area contributed by atoms with E-state index in [0.29, 0.717) is 13.1 Å². The lowest BCUT2D eigenvalue weighted by Gasteiger charge is -2.13. The van der Waals surface area contributed by atoms with E-state index in [1.54, 1.807) is 0 Å². The maximum atomic E-state index is 12.7. The summed E-state index contributed by atoms with van der Waals surface area (Å²) in [6, 6.07) is 11.2. The molecule has 0 heterocycles. The van der Waals surface area contributed by atoms with Gasteiger partial charge in [-0.25, -0.2) is 9.59 Å². The summed E-state index contributed by atoms with van der Waals surface area (Å²) in [5.41, 5.74) is 1.47. The molecule has 0 bridgehead atoms. The highest BCUT2D eigenvalue weighted by atomic mass is 16.2. The third kappa shape index (κ3) is 24.9. The number of carbonyl (C=O) groups excluding carboxylic acids is 2. The molecule has 2 aromatic carbocycles. The molecule has 0 aliphatic rings. The third-order valence-electron chi connectivity index (χ3n) is 10.4. The number of rotatable bonds is 34. The number of carbonyl (C=O) groups is 2. The SMILES string of the molecule is CCCCCCCC/C=C\CCCCCCCCNC(=O)Nc1cccc2c(NC(=O)NCCCCCCCC/C=C\CCCCCCCC)cccc12. The molecular formula is C48H80N4O2. The number of benzene rings is 2. The van der Waals surface area contributed by atoms with Crippen LogP contribution in [-0.2, 0) is 0 Å². The van der Waals surface area contributed by atoms with E-state index in [0.717, 1.165) is 47.8 Å². The molecule has 0 atom stereocenters. The van der Waals surface area contributed by atoms with E-state index in [2.05, 4.69) is 59.4 Å². The Morgan fingerprint density at radius 2 is 0.704 bits per heavy atom. The Kier molecular flexibility index (Phi) is 29.7. The van der Waals surface area contributed by atoms with Gasteiger partial charge in [-0.1, -0.05) is 178 Å². The van der Waals surface area contributed by atoms with E-state index in [9.17, 15) is 9.59 Å². The number of anilines is 2. The first kappa shape index (κ1) is 46.9. The Labute approximate surface area is 331 Å². The second-order valence-corrected chi connectivity index (χ2v) is 15.3. The van der Waals surface area contributed by atoms with Crippen molar-refractivity contribution in [2.24, 2.45) is 0 Å². The number of amides is 4. The zero-order valence-corrected chi connectivity index (χ0v) is 34.8. The molecule has 0 saturated heterocycles. The summed E-state index contributed by atoms with van der Waals surface area (Å²) >= 11 is 0. The fourth-order valence-corrected chi connectivity index (χ4v) is 7.01. The van der Waals surface area contributed by atoms with Crippen molar-refractivity contribution >= 4 is 34.2 Å². The van der Waals surface area contributed by atoms with Crippen LogP contribution in [0.3, 0.4) is 0 Å². The van der Waals surface area contributed by atoms with Gasteiger partial charge in [-0.2, -0.15) is 0 Å².